The van der Waals surface area contributed by atoms with Crippen molar-refractivity contribution in [1.29, 1.82) is 0 Å². The lowest BCUT2D eigenvalue weighted by Crippen LogP contribution is -2.50. The van der Waals surface area contributed by atoms with E-state index in [2.05, 4.69) is 4.90 Å². The standard InChI is InChI=1S/C27H31ClFN3O3/c1-26(2)15-31(13-10-18(26)25(34)35-3)24(33)21-8-9-22-23(30-21)27(11-4-5-12-27)16-32(22)17-6-7-19(28)20(29)14-17/h6-9,14,18H,4-5,10-13,15-16H2,1-3H3. The van der Waals surface area contributed by atoms with E-state index in [-0.39, 0.29) is 33.6 Å². The summed E-state index contributed by atoms with van der Waals surface area (Å²) in [7, 11) is 1.41. The number of benzene rings is 1. The number of anilines is 2. The van der Waals surface area contributed by atoms with E-state index < -0.39 is 5.82 Å². The molecule has 2 fully saturated rings. The predicted octanol–water partition coefficient (Wildman–Crippen LogP) is 5.50. The van der Waals surface area contributed by atoms with Gasteiger partial charge < -0.3 is 14.5 Å². The number of carbonyl (C=O) groups excluding carboxylic acids is 2. The SMILES string of the molecule is COC(=O)C1CCN(C(=O)c2ccc3c(n2)C2(CCCC2)CN3c2ccc(Cl)c(F)c2)CC1(C)C. The van der Waals surface area contributed by atoms with Gasteiger partial charge in [0.1, 0.15) is 11.5 Å². The molecule has 8 heteroatoms. The molecule has 2 aliphatic heterocycles. The Morgan fingerprint density at radius 3 is 2.54 bits per heavy atom. The number of pyridine rings is 1. The molecule has 1 spiro atoms. The fraction of sp³-hybridized carbons (Fsp3) is 0.519. The molecular formula is C27H31ClFN3O3. The van der Waals surface area contributed by atoms with E-state index in [1.165, 1.54) is 13.2 Å². The van der Waals surface area contributed by atoms with Crippen LogP contribution in [-0.4, -0.2) is 48.5 Å². The number of rotatable bonds is 3. The summed E-state index contributed by atoms with van der Waals surface area (Å²) in [6, 6.07) is 8.59. The molecule has 1 saturated heterocycles. The van der Waals surface area contributed by atoms with Crippen LogP contribution in [-0.2, 0) is 14.9 Å². The molecule has 0 radical (unpaired) electrons. The van der Waals surface area contributed by atoms with Gasteiger partial charge in [0.15, 0.2) is 0 Å². The topological polar surface area (TPSA) is 62.7 Å². The largest absolute Gasteiger partial charge is 0.469 e. The van der Waals surface area contributed by atoms with Gasteiger partial charge in [-0.25, -0.2) is 9.37 Å². The summed E-state index contributed by atoms with van der Waals surface area (Å²) in [6.07, 6.45) is 4.77. The first-order valence-corrected chi connectivity index (χ1v) is 12.6. The number of amides is 1. The number of ether oxygens (including phenoxy) is 1. The average Bonchev–Trinajstić information content (AvgIpc) is 3.44. The number of esters is 1. The van der Waals surface area contributed by atoms with Crippen molar-refractivity contribution in [1.82, 2.24) is 9.88 Å². The summed E-state index contributed by atoms with van der Waals surface area (Å²) < 4.78 is 19.2. The van der Waals surface area contributed by atoms with Gasteiger partial charge in [0.25, 0.3) is 5.91 Å². The van der Waals surface area contributed by atoms with Gasteiger partial charge in [-0.3, -0.25) is 9.59 Å². The van der Waals surface area contributed by atoms with Crippen LogP contribution in [0.1, 0.15) is 62.1 Å². The van der Waals surface area contributed by atoms with Crippen LogP contribution in [0.4, 0.5) is 15.8 Å². The van der Waals surface area contributed by atoms with Crippen LogP contribution in [0.15, 0.2) is 30.3 Å². The van der Waals surface area contributed by atoms with Gasteiger partial charge in [-0.05, 0) is 55.0 Å². The smallest absolute Gasteiger partial charge is 0.309 e. The quantitative estimate of drug-likeness (QED) is 0.522. The normalized spacial score (nSPS) is 22.4. The monoisotopic (exact) mass is 499 g/mol. The molecule has 1 unspecified atom stereocenters. The van der Waals surface area contributed by atoms with Crippen LogP contribution in [0.3, 0.4) is 0 Å². The van der Waals surface area contributed by atoms with Gasteiger partial charge in [0.2, 0.25) is 0 Å². The number of carbonyl (C=O) groups is 2. The van der Waals surface area contributed by atoms with E-state index in [9.17, 15) is 14.0 Å². The number of halogens is 2. The van der Waals surface area contributed by atoms with Crippen LogP contribution >= 0.6 is 11.6 Å². The van der Waals surface area contributed by atoms with Crippen molar-refractivity contribution in [3.63, 3.8) is 0 Å². The zero-order valence-electron chi connectivity index (χ0n) is 20.4. The Bertz CT molecular complexity index is 1180. The fourth-order valence-corrected chi connectivity index (χ4v) is 6.36. The van der Waals surface area contributed by atoms with E-state index in [1.807, 2.05) is 26.0 Å². The molecule has 1 saturated carbocycles. The number of hydrogen-bond acceptors (Lipinski definition) is 5. The minimum Gasteiger partial charge on any atom is -0.469 e. The average molecular weight is 500 g/mol. The zero-order valence-corrected chi connectivity index (χ0v) is 21.2. The summed E-state index contributed by atoms with van der Waals surface area (Å²) in [5, 5.41) is 0.0988. The molecular weight excluding hydrogens is 469 g/mol. The third-order valence-corrected chi connectivity index (χ3v) is 8.43. The molecule has 35 heavy (non-hydrogen) atoms. The molecule has 0 N–H and O–H groups in total. The summed E-state index contributed by atoms with van der Waals surface area (Å²) in [5.41, 5.74) is 2.49. The van der Waals surface area contributed by atoms with Crippen LogP contribution in [0.25, 0.3) is 0 Å². The maximum Gasteiger partial charge on any atom is 0.309 e. The van der Waals surface area contributed by atoms with Gasteiger partial charge >= 0.3 is 5.97 Å². The highest BCUT2D eigenvalue weighted by Gasteiger charge is 2.47. The Labute approximate surface area is 210 Å². The van der Waals surface area contributed by atoms with Crippen molar-refractivity contribution in [2.45, 2.75) is 51.4 Å². The van der Waals surface area contributed by atoms with Crippen molar-refractivity contribution in [2.24, 2.45) is 11.3 Å². The van der Waals surface area contributed by atoms with Crippen LogP contribution in [0.2, 0.25) is 5.02 Å². The minimum absolute atomic E-state index is 0.0988. The zero-order chi connectivity index (χ0) is 25.0. The number of nitrogens with zero attached hydrogens (tertiary/aromatic N) is 3. The molecule has 2 aromatic rings. The molecule has 6 nitrogen and oxygen atoms in total. The number of aromatic nitrogens is 1. The summed E-state index contributed by atoms with van der Waals surface area (Å²) in [4.78, 5) is 34.6. The van der Waals surface area contributed by atoms with Crippen molar-refractivity contribution in [2.75, 3.05) is 31.6 Å². The second-order valence-electron chi connectivity index (χ2n) is 10.8. The Hall–Kier alpha value is -2.67. The number of fused-ring (bicyclic) bond motifs is 2. The molecule has 0 bridgehead atoms. The van der Waals surface area contributed by atoms with Gasteiger partial charge in [-0.2, -0.15) is 0 Å². The van der Waals surface area contributed by atoms with Gasteiger partial charge in [-0.1, -0.05) is 38.3 Å². The van der Waals surface area contributed by atoms with E-state index in [4.69, 9.17) is 21.3 Å². The van der Waals surface area contributed by atoms with Crippen molar-refractivity contribution in [3.05, 3.63) is 52.6 Å². The molecule has 186 valence electrons. The molecule has 1 aromatic carbocycles. The number of methoxy groups -OCH3 is 1. The van der Waals surface area contributed by atoms with Crippen molar-refractivity contribution >= 4 is 34.9 Å². The molecule has 1 atom stereocenters. The highest BCUT2D eigenvalue weighted by Crippen LogP contribution is 2.52. The Morgan fingerprint density at radius 1 is 1.14 bits per heavy atom. The van der Waals surface area contributed by atoms with Gasteiger partial charge in [0.05, 0.1) is 29.4 Å². The molecule has 1 aliphatic carbocycles. The lowest BCUT2D eigenvalue weighted by Gasteiger charge is -2.42. The Kier molecular flexibility index (Phi) is 6.02. The lowest BCUT2D eigenvalue weighted by molar-refractivity contribution is -0.152. The first-order valence-electron chi connectivity index (χ1n) is 12.3. The first-order chi connectivity index (χ1) is 16.6. The molecule has 1 amide bonds. The molecule has 3 aliphatic rings. The second-order valence-corrected chi connectivity index (χ2v) is 11.2. The highest BCUT2D eigenvalue weighted by molar-refractivity contribution is 6.30. The minimum atomic E-state index is -0.448. The maximum absolute atomic E-state index is 14.3. The summed E-state index contributed by atoms with van der Waals surface area (Å²) >= 11 is 5.92. The molecule has 5 rings (SSSR count). The maximum atomic E-state index is 14.3. The number of likely N-dealkylation sites (tertiary alicyclic amines) is 1. The number of hydrogen-bond donors (Lipinski definition) is 0. The van der Waals surface area contributed by atoms with Crippen LogP contribution in [0.5, 0.6) is 0 Å². The predicted molar refractivity (Wildman–Crippen MR) is 133 cm³/mol. The summed E-state index contributed by atoms with van der Waals surface area (Å²) in [5.74, 6) is -1.02. The van der Waals surface area contributed by atoms with Crippen molar-refractivity contribution < 1.29 is 18.7 Å². The Balaban J connectivity index is 1.46. The molecule has 3 heterocycles. The molecule has 1 aromatic heterocycles. The number of piperidine rings is 1. The van der Waals surface area contributed by atoms with Gasteiger partial charge in [-0.15, -0.1) is 0 Å². The highest BCUT2D eigenvalue weighted by atomic mass is 35.5. The van der Waals surface area contributed by atoms with Gasteiger partial charge in [0, 0.05) is 30.7 Å². The summed E-state index contributed by atoms with van der Waals surface area (Å²) in [6.45, 7) is 5.67. The fourth-order valence-electron chi connectivity index (χ4n) is 6.24. The van der Waals surface area contributed by atoms with Crippen LogP contribution in [0, 0.1) is 17.2 Å². The van der Waals surface area contributed by atoms with E-state index in [1.54, 1.807) is 17.0 Å². The third kappa shape index (κ3) is 4.07. The van der Waals surface area contributed by atoms with E-state index in [0.29, 0.717) is 31.7 Å². The second kappa shape index (κ2) is 8.77. The lowest BCUT2D eigenvalue weighted by atomic mass is 9.74. The first kappa shape index (κ1) is 24.0. The third-order valence-electron chi connectivity index (χ3n) is 8.12. The van der Waals surface area contributed by atoms with E-state index in [0.717, 1.165) is 42.8 Å². The van der Waals surface area contributed by atoms with E-state index >= 15 is 0 Å². The Morgan fingerprint density at radius 2 is 1.89 bits per heavy atom. The van der Waals surface area contributed by atoms with Crippen molar-refractivity contribution in [3.8, 4) is 0 Å². The van der Waals surface area contributed by atoms with Crippen LogP contribution < -0.4 is 4.90 Å².